The van der Waals surface area contributed by atoms with Crippen molar-refractivity contribution in [2.24, 2.45) is 0 Å². The summed E-state index contributed by atoms with van der Waals surface area (Å²) in [6.07, 6.45) is 1.55. The van der Waals surface area contributed by atoms with Crippen LogP contribution >= 0.6 is 0 Å². The molecule has 0 unspecified atom stereocenters. The van der Waals surface area contributed by atoms with Gasteiger partial charge in [-0.1, -0.05) is 11.6 Å². The molecule has 2 aromatic carbocycles. The predicted octanol–water partition coefficient (Wildman–Crippen LogP) is 2.74. The monoisotopic (exact) mass is 424 g/mol. The van der Waals surface area contributed by atoms with Crippen molar-refractivity contribution in [3.8, 4) is 17.2 Å². The summed E-state index contributed by atoms with van der Waals surface area (Å²) in [6, 6.07) is 11.1. The van der Waals surface area contributed by atoms with Crippen LogP contribution in [-0.4, -0.2) is 56.2 Å². The molecule has 2 amide bonds. The van der Waals surface area contributed by atoms with Gasteiger partial charge < -0.3 is 24.4 Å². The van der Waals surface area contributed by atoms with Crippen molar-refractivity contribution >= 4 is 11.8 Å². The second kappa shape index (κ2) is 8.49. The summed E-state index contributed by atoms with van der Waals surface area (Å²) in [5.74, 6) is 1.90. The molecule has 0 atom stereocenters. The van der Waals surface area contributed by atoms with Gasteiger partial charge in [-0.3, -0.25) is 9.59 Å². The molecule has 2 aromatic rings. The van der Waals surface area contributed by atoms with Crippen molar-refractivity contribution in [3.05, 3.63) is 53.1 Å². The Balaban J connectivity index is 1.44. The van der Waals surface area contributed by atoms with Gasteiger partial charge in [-0.2, -0.15) is 0 Å². The summed E-state index contributed by atoms with van der Waals surface area (Å²) < 4.78 is 17.0. The topological polar surface area (TPSA) is 77.1 Å². The first-order valence-corrected chi connectivity index (χ1v) is 10.5. The number of piperidine rings is 1. The Kier molecular flexibility index (Phi) is 5.76. The molecule has 2 heterocycles. The van der Waals surface area contributed by atoms with Crippen molar-refractivity contribution in [3.63, 3.8) is 0 Å². The Morgan fingerprint density at radius 3 is 2.61 bits per heavy atom. The zero-order chi connectivity index (χ0) is 22.0. The minimum absolute atomic E-state index is 0.0371. The number of carbonyl (C=O) groups is 2. The van der Waals surface area contributed by atoms with Crippen LogP contribution in [0.1, 0.15) is 34.3 Å². The molecule has 1 fully saturated rings. The van der Waals surface area contributed by atoms with Crippen molar-refractivity contribution in [1.82, 2.24) is 10.2 Å². The Bertz CT molecular complexity index is 995. The summed E-state index contributed by atoms with van der Waals surface area (Å²) in [5.41, 5.74) is 1.89. The Morgan fingerprint density at radius 1 is 1.13 bits per heavy atom. The highest BCUT2D eigenvalue weighted by molar-refractivity contribution is 5.97. The molecule has 0 aliphatic carbocycles. The van der Waals surface area contributed by atoms with Gasteiger partial charge in [0.15, 0.2) is 0 Å². The molecule has 2 aliphatic heterocycles. The van der Waals surface area contributed by atoms with E-state index in [0.717, 1.165) is 11.1 Å². The van der Waals surface area contributed by atoms with Crippen LogP contribution < -0.4 is 19.5 Å². The first kappa shape index (κ1) is 21.0. The summed E-state index contributed by atoms with van der Waals surface area (Å²) in [7, 11) is 3.19. The minimum atomic E-state index is -0.499. The van der Waals surface area contributed by atoms with E-state index in [2.05, 4.69) is 5.32 Å². The van der Waals surface area contributed by atoms with Crippen LogP contribution in [0, 0.1) is 6.92 Å². The van der Waals surface area contributed by atoms with E-state index in [0.29, 0.717) is 55.3 Å². The number of carbonyl (C=O) groups excluding carboxylic acids is 2. The van der Waals surface area contributed by atoms with Gasteiger partial charge in [0.2, 0.25) is 5.91 Å². The number of aryl methyl sites for hydroxylation is 1. The third-order valence-corrected chi connectivity index (χ3v) is 6.13. The second-order valence-corrected chi connectivity index (χ2v) is 8.20. The fourth-order valence-corrected chi connectivity index (χ4v) is 4.25. The largest absolute Gasteiger partial charge is 0.497 e. The summed E-state index contributed by atoms with van der Waals surface area (Å²) in [5, 5.41) is 3.00. The molecule has 0 bridgehead atoms. The molecule has 0 radical (unpaired) electrons. The molecule has 1 saturated heterocycles. The van der Waals surface area contributed by atoms with Crippen LogP contribution in [0.3, 0.4) is 0 Å². The van der Waals surface area contributed by atoms with Crippen LogP contribution in [-0.2, 0) is 11.2 Å². The van der Waals surface area contributed by atoms with Crippen molar-refractivity contribution in [2.75, 3.05) is 33.9 Å². The number of hydrogen-bond acceptors (Lipinski definition) is 5. The van der Waals surface area contributed by atoms with Gasteiger partial charge in [-0.05, 0) is 37.3 Å². The van der Waals surface area contributed by atoms with E-state index in [1.807, 2.05) is 48.2 Å². The lowest BCUT2D eigenvalue weighted by atomic mass is 9.90. The number of amides is 2. The van der Waals surface area contributed by atoms with E-state index in [1.165, 1.54) is 0 Å². The lowest BCUT2D eigenvalue weighted by Crippen LogP contribution is -2.54. The van der Waals surface area contributed by atoms with Crippen LogP contribution in [0.15, 0.2) is 36.4 Å². The molecule has 0 aromatic heterocycles. The summed E-state index contributed by atoms with van der Waals surface area (Å²) in [4.78, 5) is 27.3. The lowest BCUT2D eigenvalue weighted by molar-refractivity contribution is -0.133. The number of nitrogens with zero attached hydrogens (tertiary/aromatic N) is 1. The van der Waals surface area contributed by atoms with Gasteiger partial charge in [0, 0.05) is 31.5 Å². The molecule has 1 spiro atoms. The SMILES string of the molecule is COc1ccc(OC)c(CC(=O)N2CCC3(CC2)CNC(=O)c2cc(C)ccc2O3)c1. The van der Waals surface area contributed by atoms with E-state index in [-0.39, 0.29) is 18.2 Å². The number of ether oxygens (including phenoxy) is 3. The van der Waals surface area contributed by atoms with Gasteiger partial charge in [-0.15, -0.1) is 0 Å². The van der Waals surface area contributed by atoms with E-state index in [1.54, 1.807) is 14.2 Å². The minimum Gasteiger partial charge on any atom is -0.497 e. The molecule has 1 N–H and O–H groups in total. The van der Waals surface area contributed by atoms with E-state index in [9.17, 15) is 9.59 Å². The number of nitrogens with one attached hydrogen (secondary N) is 1. The number of fused-ring (bicyclic) bond motifs is 1. The standard InChI is InChI=1S/C24H28N2O5/c1-16-4-6-21-19(12-16)23(28)25-15-24(31-21)8-10-26(11-9-24)22(27)14-17-13-18(29-2)5-7-20(17)30-3/h4-7,12-13H,8-11,14-15H2,1-3H3,(H,25,28). The fraction of sp³-hybridized carbons (Fsp3) is 0.417. The highest BCUT2D eigenvalue weighted by atomic mass is 16.5. The number of methoxy groups -OCH3 is 2. The van der Waals surface area contributed by atoms with E-state index < -0.39 is 5.60 Å². The molecular weight excluding hydrogens is 396 g/mol. The van der Waals surface area contributed by atoms with Crippen LogP contribution in [0.25, 0.3) is 0 Å². The number of hydrogen-bond donors (Lipinski definition) is 1. The maximum atomic E-state index is 13.0. The normalized spacial score (nSPS) is 17.3. The third kappa shape index (κ3) is 4.31. The maximum absolute atomic E-state index is 13.0. The Morgan fingerprint density at radius 2 is 1.90 bits per heavy atom. The fourth-order valence-electron chi connectivity index (χ4n) is 4.25. The first-order chi connectivity index (χ1) is 14.9. The van der Waals surface area contributed by atoms with Crippen LogP contribution in [0.5, 0.6) is 17.2 Å². The zero-order valence-electron chi connectivity index (χ0n) is 18.2. The van der Waals surface area contributed by atoms with Gasteiger partial charge in [0.1, 0.15) is 22.8 Å². The summed E-state index contributed by atoms with van der Waals surface area (Å²) >= 11 is 0. The van der Waals surface area contributed by atoms with Gasteiger partial charge in [0.25, 0.3) is 5.91 Å². The molecular formula is C24H28N2O5. The maximum Gasteiger partial charge on any atom is 0.255 e. The number of rotatable bonds is 4. The lowest BCUT2D eigenvalue weighted by Gasteiger charge is -2.41. The molecule has 7 nitrogen and oxygen atoms in total. The van der Waals surface area contributed by atoms with Gasteiger partial charge >= 0.3 is 0 Å². The second-order valence-electron chi connectivity index (χ2n) is 8.20. The van der Waals surface area contributed by atoms with Gasteiger partial charge in [0.05, 0.1) is 32.7 Å². The van der Waals surface area contributed by atoms with Crippen LogP contribution in [0.4, 0.5) is 0 Å². The predicted molar refractivity (Wildman–Crippen MR) is 116 cm³/mol. The number of benzene rings is 2. The van der Waals surface area contributed by atoms with E-state index >= 15 is 0 Å². The first-order valence-electron chi connectivity index (χ1n) is 10.5. The summed E-state index contributed by atoms with van der Waals surface area (Å²) in [6.45, 7) is 3.53. The smallest absolute Gasteiger partial charge is 0.255 e. The van der Waals surface area contributed by atoms with Crippen molar-refractivity contribution in [1.29, 1.82) is 0 Å². The molecule has 164 valence electrons. The Hall–Kier alpha value is -3.22. The molecule has 7 heteroatoms. The number of likely N-dealkylation sites (tertiary alicyclic amines) is 1. The van der Waals surface area contributed by atoms with Crippen molar-refractivity contribution in [2.45, 2.75) is 31.8 Å². The highest BCUT2D eigenvalue weighted by Gasteiger charge is 2.41. The van der Waals surface area contributed by atoms with Crippen molar-refractivity contribution < 1.29 is 23.8 Å². The molecule has 2 aliphatic rings. The quantitative estimate of drug-likeness (QED) is 0.817. The Labute approximate surface area is 182 Å². The zero-order valence-corrected chi connectivity index (χ0v) is 18.2. The highest BCUT2D eigenvalue weighted by Crippen LogP contribution is 2.34. The average molecular weight is 424 g/mol. The third-order valence-electron chi connectivity index (χ3n) is 6.13. The van der Waals surface area contributed by atoms with Crippen LogP contribution in [0.2, 0.25) is 0 Å². The molecule has 0 saturated carbocycles. The average Bonchev–Trinajstić information content (AvgIpc) is 2.91. The molecule has 4 rings (SSSR count). The molecule has 31 heavy (non-hydrogen) atoms. The van der Waals surface area contributed by atoms with E-state index in [4.69, 9.17) is 14.2 Å². The van der Waals surface area contributed by atoms with Gasteiger partial charge in [-0.25, -0.2) is 0 Å².